The molecule has 0 N–H and O–H groups in total. The number of rotatable bonds is 4. The fraction of sp³-hybridized carbons (Fsp3) is 0.700. The topological polar surface area (TPSA) is 22.1 Å². The minimum absolute atomic E-state index is 0.339. The summed E-state index contributed by atoms with van der Waals surface area (Å²) in [6.07, 6.45) is 2.84. The summed E-state index contributed by atoms with van der Waals surface area (Å²) in [6.45, 7) is 8.04. The van der Waals surface area contributed by atoms with E-state index in [4.69, 9.17) is 16.3 Å². The number of hydrogen-bond acceptors (Lipinski definition) is 3. The SMILES string of the molecule is CC(C)(C)CCOCc1cnc(Cl)s1. The second-order valence-electron chi connectivity index (χ2n) is 4.44. The quantitative estimate of drug-likeness (QED) is 0.739. The Morgan fingerprint density at radius 2 is 2.21 bits per heavy atom. The number of aromatic nitrogens is 1. The molecule has 0 fully saturated rings. The highest BCUT2D eigenvalue weighted by Crippen LogP contribution is 2.20. The van der Waals surface area contributed by atoms with Crippen molar-refractivity contribution in [2.45, 2.75) is 33.8 Å². The molecule has 0 saturated carbocycles. The van der Waals surface area contributed by atoms with Crippen molar-refractivity contribution in [1.82, 2.24) is 4.98 Å². The normalized spacial score (nSPS) is 12.0. The second kappa shape index (κ2) is 5.10. The first-order valence-electron chi connectivity index (χ1n) is 4.65. The van der Waals surface area contributed by atoms with Crippen LogP contribution in [0.5, 0.6) is 0 Å². The van der Waals surface area contributed by atoms with Crippen LogP contribution in [0.25, 0.3) is 0 Å². The van der Waals surface area contributed by atoms with Crippen LogP contribution >= 0.6 is 22.9 Å². The molecule has 0 spiro atoms. The van der Waals surface area contributed by atoms with Crippen molar-refractivity contribution in [2.24, 2.45) is 5.41 Å². The molecule has 0 atom stereocenters. The zero-order chi connectivity index (χ0) is 10.6. The average Bonchev–Trinajstić information content (AvgIpc) is 2.44. The molecule has 0 amide bonds. The molecule has 1 aromatic heterocycles. The molecule has 0 bridgehead atoms. The largest absolute Gasteiger partial charge is 0.376 e. The fourth-order valence-electron chi connectivity index (χ4n) is 0.901. The molecule has 1 heterocycles. The lowest BCUT2D eigenvalue weighted by molar-refractivity contribution is 0.0979. The van der Waals surface area contributed by atoms with Gasteiger partial charge in [-0.05, 0) is 11.8 Å². The molecule has 0 radical (unpaired) electrons. The van der Waals surface area contributed by atoms with Crippen LogP contribution in [-0.2, 0) is 11.3 Å². The first-order chi connectivity index (χ1) is 6.47. The van der Waals surface area contributed by atoms with Crippen molar-refractivity contribution in [3.8, 4) is 0 Å². The van der Waals surface area contributed by atoms with Gasteiger partial charge in [0, 0.05) is 12.8 Å². The van der Waals surface area contributed by atoms with Gasteiger partial charge in [-0.2, -0.15) is 0 Å². The molecule has 0 aliphatic rings. The highest BCUT2D eigenvalue weighted by atomic mass is 35.5. The zero-order valence-corrected chi connectivity index (χ0v) is 10.4. The standard InChI is InChI=1S/C10H16ClNOS/c1-10(2,3)4-5-13-7-8-6-12-9(11)14-8/h6H,4-5,7H2,1-3H3. The molecular formula is C10H16ClNOS. The summed E-state index contributed by atoms with van der Waals surface area (Å²) in [7, 11) is 0. The fourth-order valence-corrected chi connectivity index (χ4v) is 1.82. The number of hydrogen-bond donors (Lipinski definition) is 0. The number of nitrogens with zero attached hydrogens (tertiary/aromatic N) is 1. The Morgan fingerprint density at radius 3 is 2.71 bits per heavy atom. The molecule has 0 aromatic carbocycles. The van der Waals surface area contributed by atoms with Crippen LogP contribution in [0.3, 0.4) is 0 Å². The third kappa shape index (κ3) is 4.94. The molecule has 2 nitrogen and oxygen atoms in total. The van der Waals surface area contributed by atoms with Crippen LogP contribution < -0.4 is 0 Å². The van der Waals surface area contributed by atoms with Crippen LogP contribution in [0.15, 0.2) is 6.20 Å². The van der Waals surface area contributed by atoms with E-state index >= 15 is 0 Å². The maximum absolute atomic E-state index is 5.70. The van der Waals surface area contributed by atoms with Gasteiger partial charge in [0.25, 0.3) is 0 Å². The molecule has 14 heavy (non-hydrogen) atoms. The summed E-state index contributed by atoms with van der Waals surface area (Å²) in [4.78, 5) is 5.04. The van der Waals surface area contributed by atoms with Crippen LogP contribution in [0.2, 0.25) is 4.47 Å². The first-order valence-corrected chi connectivity index (χ1v) is 5.85. The first kappa shape index (κ1) is 12.0. The van der Waals surface area contributed by atoms with Gasteiger partial charge in [-0.25, -0.2) is 4.98 Å². The van der Waals surface area contributed by atoms with Gasteiger partial charge in [-0.3, -0.25) is 0 Å². The van der Waals surface area contributed by atoms with E-state index in [0.29, 0.717) is 16.5 Å². The summed E-state index contributed by atoms with van der Waals surface area (Å²) >= 11 is 7.17. The average molecular weight is 234 g/mol. The minimum atomic E-state index is 0.339. The highest BCUT2D eigenvalue weighted by Gasteiger charge is 2.09. The van der Waals surface area contributed by atoms with E-state index in [1.165, 1.54) is 11.3 Å². The minimum Gasteiger partial charge on any atom is -0.376 e. The third-order valence-corrected chi connectivity index (χ3v) is 2.85. The number of halogens is 1. The highest BCUT2D eigenvalue weighted by molar-refractivity contribution is 7.15. The Bertz CT molecular complexity index is 280. The summed E-state index contributed by atoms with van der Waals surface area (Å²) in [5.41, 5.74) is 0.339. The van der Waals surface area contributed by atoms with Crippen LogP contribution in [0.1, 0.15) is 32.1 Å². The van der Waals surface area contributed by atoms with Crippen molar-refractivity contribution in [3.05, 3.63) is 15.5 Å². The van der Waals surface area contributed by atoms with E-state index in [0.717, 1.165) is 17.9 Å². The Labute approximate surface area is 94.3 Å². The zero-order valence-electron chi connectivity index (χ0n) is 8.84. The van der Waals surface area contributed by atoms with E-state index in [1.807, 2.05) is 0 Å². The maximum atomic E-state index is 5.70. The van der Waals surface area contributed by atoms with Gasteiger partial charge in [-0.1, -0.05) is 32.4 Å². The molecule has 80 valence electrons. The predicted molar refractivity (Wildman–Crippen MR) is 60.9 cm³/mol. The van der Waals surface area contributed by atoms with Gasteiger partial charge in [-0.15, -0.1) is 11.3 Å². The summed E-state index contributed by atoms with van der Waals surface area (Å²) in [5.74, 6) is 0. The third-order valence-electron chi connectivity index (χ3n) is 1.77. The lowest BCUT2D eigenvalue weighted by atomic mass is 9.93. The van der Waals surface area contributed by atoms with Crippen LogP contribution in [-0.4, -0.2) is 11.6 Å². The van der Waals surface area contributed by atoms with E-state index in [-0.39, 0.29) is 0 Å². The van der Waals surface area contributed by atoms with E-state index in [2.05, 4.69) is 25.8 Å². The monoisotopic (exact) mass is 233 g/mol. The van der Waals surface area contributed by atoms with Crippen LogP contribution in [0.4, 0.5) is 0 Å². The van der Waals surface area contributed by atoms with E-state index in [1.54, 1.807) is 6.20 Å². The lowest BCUT2D eigenvalue weighted by Crippen LogP contribution is -2.09. The molecular weight excluding hydrogens is 218 g/mol. The molecule has 0 unspecified atom stereocenters. The summed E-state index contributed by atoms with van der Waals surface area (Å²) < 4.78 is 6.10. The maximum Gasteiger partial charge on any atom is 0.183 e. The predicted octanol–water partition coefficient (Wildman–Crippen LogP) is 3.75. The van der Waals surface area contributed by atoms with Crippen molar-refractivity contribution in [1.29, 1.82) is 0 Å². The summed E-state index contributed by atoms with van der Waals surface area (Å²) in [6, 6.07) is 0. The van der Waals surface area contributed by atoms with E-state index < -0.39 is 0 Å². The van der Waals surface area contributed by atoms with Crippen molar-refractivity contribution in [2.75, 3.05) is 6.61 Å². The van der Waals surface area contributed by atoms with Gasteiger partial charge >= 0.3 is 0 Å². The van der Waals surface area contributed by atoms with Gasteiger partial charge in [0.2, 0.25) is 0 Å². The Hall–Kier alpha value is -0.120. The molecule has 1 rings (SSSR count). The molecule has 0 aliphatic carbocycles. The van der Waals surface area contributed by atoms with E-state index in [9.17, 15) is 0 Å². The Kier molecular flexibility index (Phi) is 4.35. The second-order valence-corrected chi connectivity index (χ2v) is 6.14. The number of ether oxygens (including phenoxy) is 1. The molecule has 0 aliphatic heterocycles. The van der Waals surface area contributed by atoms with Gasteiger partial charge < -0.3 is 4.74 Å². The van der Waals surface area contributed by atoms with Gasteiger partial charge in [0.1, 0.15) is 0 Å². The smallest absolute Gasteiger partial charge is 0.183 e. The molecule has 4 heteroatoms. The van der Waals surface area contributed by atoms with Crippen LogP contribution in [0, 0.1) is 5.41 Å². The van der Waals surface area contributed by atoms with Crippen molar-refractivity contribution >= 4 is 22.9 Å². The molecule has 1 aromatic rings. The van der Waals surface area contributed by atoms with Crippen molar-refractivity contribution < 1.29 is 4.74 Å². The lowest BCUT2D eigenvalue weighted by Gasteiger charge is -2.17. The Balaban J connectivity index is 2.16. The Morgan fingerprint density at radius 1 is 1.50 bits per heavy atom. The summed E-state index contributed by atoms with van der Waals surface area (Å²) in [5, 5.41) is 0. The molecule has 0 saturated heterocycles. The number of thiazole rings is 1. The van der Waals surface area contributed by atoms with Crippen molar-refractivity contribution in [3.63, 3.8) is 0 Å². The van der Waals surface area contributed by atoms with Gasteiger partial charge in [0.15, 0.2) is 4.47 Å². The van der Waals surface area contributed by atoms with Gasteiger partial charge in [0.05, 0.1) is 11.5 Å².